The summed E-state index contributed by atoms with van der Waals surface area (Å²) in [5, 5.41) is 7.66. The maximum absolute atomic E-state index is 12.6. The number of hydrogen-bond donors (Lipinski definition) is 1. The molecule has 1 heterocycles. The van der Waals surface area contributed by atoms with Crippen molar-refractivity contribution in [2.24, 2.45) is 7.05 Å². The van der Waals surface area contributed by atoms with Gasteiger partial charge in [0.15, 0.2) is 0 Å². The maximum atomic E-state index is 12.6. The minimum absolute atomic E-state index is 0.123. The van der Waals surface area contributed by atoms with E-state index in [4.69, 9.17) is 0 Å². The molecule has 2 aromatic carbocycles. The zero-order valence-electron chi connectivity index (χ0n) is 17.1. The lowest BCUT2D eigenvalue weighted by Crippen LogP contribution is -2.36. The summed E-state index contributed by atoms with van der Waals surface area (Å²) >= 11 is 0. The first-order chi connectivity index (χ1) is 15.0. The van der Waals surface area contributed by atoms with Crippen LogP contribution in [0.3, 0.4) is 0 Å². The lowest BCUT2D eigenvalue weighted by atomic mass is 10.1. The van der Waals surface area contributed by atoms with Gasteiger partial charge in [-0.25, -0.2) is 4.68 Å². The van der Waals surface area contributed by atoms with Gasteiger partial charge in [-0.3, -0.25) is 14.4 Å². The van der Waals surface area contributed by atoms with E-state index in [1.165, 1.54) is 31.1 Å². The molecule has 0 saturated carbocycles. The Kier molecular flexibility index (Phi) is 6.47. The summed E-state index contributed by atoms with van der Waals surface area (Å²) in [5.41, 5.74) is 0.368. The van der Waals surface area contributed by atoms with Crippen LogP contribution in [-0.2, 0) is 23.1 Å². The Morgan fingerprint density at radius 1 is 1.09 bits per heavy atom. The first-order valence-corrected chi connectivity index (χ1v) is 9.38. The largest absolute Gasteiger partial charge is 0.573 e. The number of halogens is 3. The molecule has 0 fully saturated rings. The summed E-state index contributed by atoms with van der Waals surface area (Å²) < 4.78 is 41.5. The van der Waals surface area contributed by atoms with Crippen molar-refractivity contribution in [3.8, 4) is 5.75 Å². The third kappa shape index (κ3) is 5.62. The topological polar surface area (TPSA) is 93.5 Å². The minimum Gasteiger partial charge on any atom is -0.406 e. The molecule has 0 aliphatic carbocycles. The average Bonchev–Trinajstić information content (AvgIpc) is 2.72. The van der Waals surface area contributed by atoms with Crippen LogP contribution in [0, 0.1) is 0 Å². The van der Waals surface area contributed by atoms with E-state index in [-0.39, 0.29) is 24.2 Å². The van der Waals surface area contributed by atoms with Gasteiger partial charge in [0, 0.05) is 25.2 Å². The number of alkyl halides is 3. The third-order valence-corrected chi connectivity index (χ3v) is 4.53. The standard InChI is InChI=1S/C21H19F3N4O4/c1-27(12-18(29)25-13-7-9-14(10-8-13)32-21(22,23)24)19(30)11-17-15-5-3-4-6-16(15)20(31)28(2)26-17/h3-10H,11-12H2,1-2H3,(H,25,29). The number of aryl methyl sites for hydroxylation is 1. The number of ether oxygens (including phenoxy) is 1. The van der Waals surface area contributed by atoms with Crippen LogP contribution in [0.5, 0.6) is 5.75 Å². The van der Waals surface area contributed by atoms with Crippen LogP contribution in [0.25, 0.3) is 10.8 Å². The minimum atomic E-state index is -4.81. The predicted molar refractivity (Wildman–Crippen MR) is 110 cm³/mol. The lowest BCUT2D eigenvalue weighted by Gasteiger charge is -2.17. The molecule has 0 radical (unpaired) electrons. The van der Waals surface area contributed by atoms with Crippen molar-refractivity contribution in [1.29, 1.82) is 0 Å². The molecular formula is C21H19F3N4O4. The van der Waals surface area contributed by atoms with Gasteiger partial charge in [-0.1, -0.05) is 18.2 Å². The second-order valence-corrected chi connectivity index (χ2v) is 6.97. The molecule has 0 unspecified atom stereocenters. The van der Waals surface area contributed by atoms with Gasteiger partial charge in [-0.05, 0) is 30.3 Å². The van der Waals surface area contributed by atoms with Crippen LogP contribution in [0.4, 0.5) is 18.9 Å². The molecule has 1 N–H and O–H groups in total. The highest BCUT2D eigenvalue weighted by molar-refractivity contribution is 5.95. The highest BCUT2D eigenvalue weighted by Crippen LogP contribution is 2.24. The van der Waals surface area contributed by atoms with Gasteiger partial charge in [-0.2, -0.15) is 5.10 Å². The zero-order valence-corrected chi connectivity index (χ0v) is 17.1. The molecule has 0 aliphatic rings. The zero-order chi connectivity index (χ0) is 23.5. The number of likely N-dealkylation sites (N-methyl/N-ethyl adjacent to an activating group) is 1. The number of carbonyl (C=O) groups excluding carboxylic acids is 2. The molecule has 0 atom stereocenters. The molecule has 0 bridgehead atoms. The van der Waals surface area contributed by atoms with E-state index < -0.39 is 23.9 Å². The third-order valence-electron chi connectivity index (χ3n) is 4.53. The van der Waals surface area contributed by atoms with Crippen LogP contribution in [-0.4, -0.2) is 46.4 Å². The van der Waals surface area contributed by atoms with Gasteiger partial charge in [0.05, 0.1) is 24.0 Å². The molecule has 0 spiro atoms. The SMILES string of the molecule is CN(CC(=O)Nc1ccc(OC(F)(F)F)cc1)C(=O)Cc1nn(C)c(=O)c2ccccc12. The highest BCUT2D eigenvalue weighted by atomic mass is 19.4. The van der Waals surface area contributed by atoms with Crippen LogP contribution < -0.4 is 15.6 Å². The van der Waals surface area contributed by atoms with Crippen LogP contribution in [0.2, 0.25) is 0 Å². The number of aromatic nitrogens is 2. The number of benzene rings is 2. The first-order valence-electron chi connectivity index (χ1n) is 9.38. The number of amides is 2. The number of hydrogen-bond acceptors (Lipinski definition) is 5. The number of carbonyl (C=O) groups is 2. The predicted octanol–water partition coefficient (Wildman–Crippen LogP) is 2.47. The van der Waals surface area contributed by atoms with Crippen molar-refractivity contribution >= 4 is 28.3 Å². The second kappa shape index (κ2) is 9.08. The number of rotatable bonds is 6. The van der Waals surface area contributed by atoms with E-state index in [1.54, 1.807) is 24.3 Å². The Morgan fingerprint density at radius 3 is 2.34 bits per heavy atom. The number of nitrogens with one attached hydrogen (secondary N) is 1. The van der Waals surface area contributed by atoms with Gasteiger partial charge in [0.1, 0.15) is 5.75 Å². The van der Waals surface area contributed by atoms with Crippen molar-refractivity contribution in [3.63, 3.8) is 0 Å². The maximum Gasteiger partial charge on any atom is 0.573 e. The van der Waals surface area contributed by atoms with E-state index in [0.29, 0.717) is 16.5 Å². The van der Waals surface area contributed by atoms with Crippen molar-refractivity contribution in [3.05, 3.63) is 64.6 Å². The molecule has 3 rings (SSSR count). The summed E-state index contributed by atoms with van der Waals surface area (Å²) in [4.78, 5) is 38.2. The summed E-state index contributed by atoms with van der Waals surface area (Å²) in [7, 11) is 2.93. The molecule has 3 aromatic rings. The summed E-state index contributed by atoms with van der Waals surface area (Å²) in [5.74, 6) is -1.35. The van der Waals surface area contributed by atoms with E-state index in [2.05, 4.69) is 15.2 Å². The molecule has 0 aliphatic heterocycles. The Hall–Kier alpha value is -3.89. The monoisotopic (exact) mass is 448 g/mol. The summed E-state index contributed by atoms with van der Waals surface area (Å²) in [6.45, 7) is -0.288. The van der Waals surface area contributed by atoms with E-state index in [1.807, 2.05) is 0 Å². The molecule has 1 aromatic heterocycles. The molecular weight excluding hydrogens is 429 g/mol. The van der Waals surface area contributed by atoms with Gasteiger partial charge < -0.3 is 15.0 Å². The first kappa shape index (κ1) is 22.8. The fourth-order valence-corrected chi connectivity index (χ4v) is 3.03. The average molecular weight is 448 g/mol. The van der Waals surface area contributed by atoms with Gasteiger partial charge >= 0.3 is 6.36 Å². The normalized spacial score (nSPS) is 11.3. The van der Waals surface area contributed by atoms with Gasteiger partial charge in [0.25, 0.3) is 5.56 Å². The molecule has 11 heteroatoms. The molecule has 0 saturated heterocycles. The lowest BCUT2D eigenvalue weighted by molar-refractivity contribution is -0.274. The Bertz CT molecular complexity index is 1210. The van der Waals surface area contributed by atoms with Crippen molar-refractivity contribution in [2.75, 3.05) is 18.9 Å². The molecule has 2 amide bonds. The smallest absolute Gasteiger partial charge is 0.406 e. The van der Waals surface area contributed by atoms with Crippen LogP contribution in [0.1, 0.15) is 5.69 Å². The number of fused-ring (bicyclic) bond motifs is 1. The quantitative estimate of drug-likeness (QED) is 0.626. The molecule has 168 valence electrons. The fourth-order valence-electron chi connectivity index (χ4n) is 3.03. The number of nitrogens with zero attached hydrogens (tertiary/aromatic N) is 3. The Balaban J connectivity index is 1.62. The van der Waals surface area contributed by atoms with E-state index in [9.17, 15) is 27.6 Å². The summed E-state index contributed by atoms with van der Waals surface area (Å²) in [6.07, 6.45) is -4.93. The highest BCUT2D eigenvalue weighted by Gasteiger charge is 2.31. The van der Waals surface area contributed by atoms with Gasteiger partial charge in [-0.15, -0.1) is 13.2 Å². The Labute approximate surface area is 180 Å². The molecule has 32 heavy (non-hydrogen) atoms. The fraction of sp³-hybridized carbons (Fsp3) is 0.238. The molecule has 8 nitrogen and oxygen atoms in total. The van der Waals surface area contributed by atoms with Crippen LogP contribution >= 0.6 is 0 Å². The van der Waals surface area contributed by atoms with Crippen molar-refractivity contribution in [2.45, 2.75) is 12.8 Å². The Morgan fingerprint density at radius 2 is 1.72 bits per heavy atom. The van der Waals surface area contributed by atoms with Crippen molar-refractivity contribution in [1.82, 2.24) is 14.7 Å². The van der Waals surface area contributed by atoms with E-state index >= 15 is 0 Å². The summed E-state index contributed by atoms with van der Waals surface area (Å²) in [6, 6.07) is 11.4. The van der Waals surface area contributed by atoms with E-state index in [0.717, 1.165) is 16.8 Å². The van der Waals surface area contributed by atoms with Gasteiger partial charge in [0.2, 0.25) is 11.8 Å². The van der Waals surface area contributed by atoms with Crippen LogP contribution in [0.15, 0.2) is 53.3 Å². The number of anilines is 1. The second-order valence-electron chi connectivity index (χ2n) is 6.97. The van der Waals surface area contributed by atoms with Crippen molar-refractivity contribution < 1.29 is 27.5 Å².